The summed E-state index contributed by atoms with van der Waals surface area (Å²) in [7, 11) is 0. The van der Waals surface area contributed by atoms with Crippen molar-refractivity contribution in [3.63, 3.8) is 0 Å². The van der Waals surface area contributed by atoms with E-state index >= 15 is 0 Å². The molecule has 3 nitrogen and oxygen atoms in total. The number of carboxylic acid groups (broad SMARTS) is 1. The number of anilines is 1. The third-order valence-electron chi connectivity index (χ3n) is 3.74. The second kappa shape index (κ2) is 7.65. The first kappa shape index (κ1) is 16.8. The first-order valence-electron chi connectivity index (χ1n) is 7.37. The fraction of sp³-hybridized carbons (Fsp3) is 0.353. The molecule has 0 aliphatic heterocycles. The molecule has 118 valence electrons. The Hall–Kier alpha value is -1.52. The standard InChI is InChI=1S/C17H20ClNO2S/c1-3-19(4-2)13-7-5-12(6-8-13)11-14(17(20)21)15-9-10-16(18)22-15/h5-10,14H,3-4,11H2,1-2H3,(H,20,21). The molecule has 2 aromatic rings. The molecular weight excluding hydrogens is 318 g/mol. The van der Waals surface area contributed by atoms with Crippen LogP contribution in [0.25, 0.3) is 0 Å². The molecule has 22 heavy (non-hydrogen) atoms. The number of rotatable bonds is 7. The van der Waals surface area contributed by atoms with Gasteiger partial charge in [-0.2, -0.15) is 0 Å². The molecule has 0 saturated heterocycles. The van der Waals surface area contributed by atoms with Crippen molar-refractivity contribution in [3.05, 3.63) is 51.2 Å². The van der Waals surface area contributed by atoms with E-state index in [1.807, 2.05) is 12.1 Å². The Bertz CT molecular complexity index is 620. The number of benzene rings is 1. The summed E-state index contributed by atoms with van der Waals surface area (Å²) in [5.74, 6) is -1.36. The van der Waals surface area contributed by atoms with Crippen molar-refractivity contribution < 1.29 is 9.90 Å². The summed E-state index contributed by atoms with van der Waals surface area (Å²) in [6.07, 6.45) is 0.477. The summed E-state index contributed by atoms with van der Waals surface area (Å²) in [4.78, 5) is 14.6. The molecule has 1 unspecified atom stereocenters. The zero-order valence-electron chi connectivity index (χ0n) is 12.8. The molecule has 1 aromatic heterocycles. The van der Waals surface area contributed by atoms with Crippen molar-refractivity contribution in [2.75, 3.05) is 18.0 Å². The minimum atomic E-state index is -0.814. The van der Waals surface area contributed by atoms with E-state index in [-0.39, 0.29) is 0 Å². The molecule has 1 aromatic carbocycles. The van der Waals surface area contributed by atoms with Crippen LogP contribution in [0.15, 0.2) is 36.4 Å². The topological polar surface area (TPSA) is 40.5 Å². The van der Waals surface area contributed by atoms with E-state index in [1.54, 1.807) is 12.1 Å². The molecule has 0 aliphatic carbocycles. The van der Waals surface area contributed by atoms with E-state index in [0.717, 1.165) is 23.5 Å². The van der Waals surface area contributed by atoms with Gasteiger partial charge in [0.15, 0.2) is 0 Å². The van der Waals surface area contributed by atoms with Gasteiger partial charge in [-0.25, -0.2) is 0 Å². The van der Waals surface area contributed by atoms with Crippen molar-refractivity contribution >= 4 is 34.6 Å². The van der Waals surface area contributed by atoms with Gasteiger partial charge in [0.1, 0.15) is 0 Å². The first-order chi connectivity index (χ1) is 10.5. The third-order valence-corrected chi connectivity index (χ3v) is 5.09. The Labute approximate surface area is 140 Å². The zero-order valence-corrected chi connectivity index (χ0v) is 14.3. The number of carboxylic acids is 1. The smallest absolute Gasteiger partial charge is 0.312 e. The van der Waals surface area contributed by atoms with Crippen LogP contribution < -0.4 is 4.90 Å². The van der Waals surface area contributed by atoms with Gasteiger partial charge >= 0.3 is 5.97 Å². The van der Waals surface area contributed by atoms with Gasteiger partial charge in [-0.05, 0) is 50.1 Å². The van der Waals surface area contributed by atoms with Crippen LogP contribution in [0.3, 0.4) is 0 Å². The SMILES string of the molecule is CCN(CC)c1ccc(CC(C(=O)O)c2ccc(Cl)s2)cc1. The van der Waals surface area contributed by atoms with Crippen LogP contribution in [0.5, 0.6) is 0 Å². The third kappa shape index (κ3) is 4.02. The number of aliphatic carboxylic acids is 1. The van der Waals surface area contributed by atoms with Gasteiger partial charge in [0.25, 0.3) is 0 Å². The molecule has 0 bridgehead atoms. The maximum absolute atomic E-state index is 11.5. The maximum Gasteiger partial charge on any atom is 0.312 e. The molecular formula is C17H20ClNO2S. The summed E-state index contributed by atoms with van der Waals surface area (Å²) in [5, 5.41) is 9.47. The van der Waals surface area contributed by atoms with Crippen LogP contribution in [0.1, 0.15) is 30.2 Å². The highest BCUT2D eigenvalue weighted by molar-refractivity contribution is 7.16. The van der Waals surface area contributed by atoms with Crippen LogP contribution >= 0.6 is 22.9 Å². The zero-order chi connectivity index (χ0) is 16.1. The van der Waals surface area contributed by atoms with Gasteiger partial charge in [0.05, 0.1) is 10.3 Å². The van der Waals surface area contributed by atoms with Gasteiger partial charge in [-0.15, -0.1) is 11.3 Å². The average molecular weight is 338 g/mol. The van der Waals surface area contributed by atoms with Crippen LogP contribution in [0.4, 0.5) is 5.69 Å². The van der Waals surface area contributed by atoms with E-state index < -0.39 is 11.9 Å². The lowest BCUT2D eigenvalue weighted by atomic mass is 9.97. The molecule has 1 N–H and O–H groups in total. The van der Waals surface area contributed by atoms with Crippen LogP contribution in [0.2, 0.25) is 4.34 Å². The number of nitrogens with zero attached hydrogens (tertiary/aromatic N) is 1. The molecule has 0 spiro atoms. The molecule has 5 heteroatoms. The Morgan fingerprint density at radius 2 is 1.82 bits per heavy atom. The molecule has 1 atom stereocenters. The highest BCUT2D eigenvalue weighted by Crippen LogP contribution is 2.31. The summed E-state index contributed by atoms with van der Waals surface area (Å²) in [5.41, 5.74) is 2.19. The highest BCUT2D eigenvalue weighted by atomic mass is 35.5. The van der Waals surface area contributed by atoms with E-state index in [9.17, 15) is 9.90 Å². The largest absolute Gasteiger partial charge is 0.481 e. The van der Waals surface area contributed by atoms with Crippen LogP contribution in [-0.4, -0.2) is 24.2 Å². The maximum atomic E-state index is 11.5. The highest BCUT2D eigenvalue weighted by Gasteiger charge is 2.22. The lowest BCUT2D eigenvalue weighted by molar-refractivity contribution is -0.138. The van der Waals surface area contributed by atoms with E-state index in [2.05, 4.69) is 30.9 Å². The number of thiophene rings is 1. The van der Waals surface area contributed by atoms with E-state index in [4.69, 9.17) is 11.6 Å². The predicted molar refractivity (Wildman–Crippen MR) is 93.4 cm³/mol. The second-order valence-corrected chi connectivity index (χ2v) is 6.82. The molecule has 0 saturated carbocycles. The van der Waals surface area contributed by atoms with Gasteiger partial charge < -0.3 is 10.0 Å². The summed E-state index contributed by atoms with van der Waals surface area (Å²) in [6, 6.07) is 11.7. The fourth-order valence-corrected chi connectivity index (χ4v) is 3.65. The number of hydrogen-bond donors (Lipinski definition) is 1. The summed E-state index contributed by atoms with van der Waals surface area (Å²) in [6.45, 7) is 6.17. The van der Waals surface area contributed by atoms with Crippen molar-refractivity contribution in [1.82, 2.24) is 0 Å². The van der Waals surface area contributed by atoms with E-state index in [0.29, 0.717) is 10.8 Å². The lowest BCUT2D eigenvalue weighted by Gasteiger charge is -2.21. The van der Waals surface area contributed by atoms with Gasteiger partial charge in [-0.1, -0.05) is 23.7 Å². The minimum Gasteiger partial charge on any atom is -0.481 e. The lowest BCUT2D eigenvalue weighted by Crippen LogP contribution is -2.21. The number of hydrogen-bond acceptors (Lipinski definition) is 3. The minimum absolute atomic E-state index is 0.477. The number of halogens is 1. The molecule has 2 rings (SSSR count). The van der Waals surface area contributed by atoms with Crippen molar-refractivity contribution in [2.45, 2.75) is 26.2 Å². The van der Waals surface area contributed by atoms with E-state index in [1.165, 1.54) is 17.0 Å². The summed E-state index contributed by atoms with van der Waals surface area (Å²) < 4.78 is 0.623. The average Bonchev–Trinajstić information content (AvgIpc) is 2.93. The molecule has 0 fully saturated rings. The van der Waals surface area contributed by atoms with Gasteiger partial charge in [0, 0.05) is 23.7 Å². The molecule has 1 heterocycles. The first-order valence-corrected chi connectivity index (χ1v) is 8.56. The fourth-order valence-electron chi connectivity index (χ4n) is 2.49. The predicted octanol–water partition coefficient (Wildman–Crippen LogP) is 4.66. The summed E-state index contributed by atoms with van der Waals surface area (Å²) >= 11 is 7.25. The van der Waals surface area contributed by atoms with Crippen molar-refractivity contribution in [1.29, 1.82) is 0 Å². The van der Waals surface area contributed by atoms with Crippen molar-refractivity contribution in [2.24, 2.45) is 0 Å². The molecule has 0 radical (unpaired) electrons. The Kier molecular flexibility index (Phi) is 5.86. The monoisotopic (exact) mass is 337 g/mol. The normalized spacial score (nSPS) is 12.1. The Morgan fingerprint density at radius 1 is 1.18 bits per heavy atom. The quantitative estimate of drug-likeness (QED) is 0.798. The van der Waals surface area contributed by atoms with Crippen molar-refractivity contribution in [3.8, 4) is 0 Å². The van der Waals surface area contributed by atoms with Gasteiger partial charge in [-0.3, -0.25) is 4.79 Å². The number of carbonyl (C=O) groups is 1. The van der Waals surface area contributed by atoms with Gasteiger partial charge in [0.2, 0.25) is 0 Å². The second-order valence-electron chi connectivity index (χ2n) is 5.08. The molecule has 0 aliphatic rings. The van der Waals surface area contributed by atoms with Crippen LogP contribution in [-0.2, 0) is 11.2 Å². The Morgan fingerprint density at radius 3 is 2.27 bits per heavy atom. The van der Waals surface area contributed by atoms with Crippen LogP contribution in [0, 0.1) is 0 Å². The Balaban J connectivity index is 2.15. The molecule has 0 amide bonds.